The van der Waals surface area contributed by atoms with Gasteiger partial charge in [-0.3, -0.25) is 0 Å². The lowest BCUT2D eigenvalue weighted by Crippen LogP contribution is -2.05. The second-order valence-electron chi connectivity index (χ2n) is 1.36. The second-order valence-corrected chi connectivity index (χ2v) is 1.36. The highest BCUT2D eigenvalue weighted by molar-refractivity contribution is 5.80. The highest BCUT2D eigenvalue weighted by Crippen LogP contribution is 1.73. The molecule has 0 unspecified atom stereocenters. The van der Waals surface area contributed by atoms with Gasteiger partial charge >= 0.3 is 18.3 Å². The fraction of sp³-hybridized carbons (Fsp3) is 0.167. The first-order valence-corrected chi connectivity index (χ1v) is 2.78. The molecule has 0 aromatic rings. The molecule has 74 valence electrons. The molecule has 0 spiro atoms. The molecule has 0 amide bonds. The topological polar surface area (TPSA) is 110 Å². The minimum Gasteiger partial charge on any atom is -0.466 e. The molecule has 13 heavy (non-hydrogen) atoms. The molecule has 0 atom stereocenters. The monoisotopic (exact) mass is 192 g/mol. The number of carbonyl (C=O) groups is 3. The van der Waals surface area contributed by atoms with Crippen LogP contribution < -0.4 is 0 Å². The summed E-state index contributed by atoms with van der Waals surface area (Å²) in [6.07, 6.45) is -2.51. The van der Waals surface area contributed by atoms with Crippen molar-refractivity contribution in [1.29, 1.82) is 0 Å². The van der Waals surface area contributed by atoms with Gasteiger partial charge in [-0.25, -0.2) is 14.4 Å². The van der Waals surface area contributed by atoms with Crippen molar-refractivity contribution in [2.24, 2.45) is 0 Å². The minimum absolute atomic E-state index is 0.394. The van der Waals surface area contributed by atoms with Crippen LogP contribution in [0.3, 0.4) is 0 Å². The lowest BCUT2D eigenvalue weighted by molar-refractivity contribution is -0.134. The van der Waals surface area contributed by atoms with Crippen LogP contribution in [-0.4, -0.2) is 35.6 Å². The molecule has 0 aliphatic heterocycles. The molecule has 7 nitrogen and oxygen atoms in total. The van der Waals surface area contributed by atoms with Crippen molar-refractivity contribution in [2.45, 2.75) is 0 Å². The van der Waals surface area contributed by atoms with Crippen molar-refractivity contribution in [3.8, 4) is 0 Å². The van der Waals surface area contributed by atoms with Crippen LogP contribution in [0, 0.1) is 0 Å². The standard InChI is InChI=1S/C4H6O2.C2H2O5/c1-3-4(5)6-2;3-1(4)7-2(5)6/h3H,1H2,2H3;(H,3,4)(H,5,6). The molecule has 0 bridgehead atoms. The Hall–Kier alpha value is -2.05. The van der Waals surface area contributed by atoms with Crippen LogP contribution in [0.5, 0.6) is 0 Å². The molecule has 0 heterocycles. The van der Waals surface area contributed by atoms with Gasteiger partial charge in [0.1, 0.15) is 0 Å². The Morgan fingerprint density at radius 2 is 1.62 bits per heavy atom. The van der Waals surface area contributed by atoms with E-state index in [-0.39, 0.29) is 0 Å². The number of rotatable bonds is 1. The zero-order valence-corrected chi connectivity index (χ0v) is 6.72. The van der Waals surface area contributed by atoms with E-state index in [1.165, 1.54) is 7.11 Å². The maximum absolute atomic E-state index is 9.84. The lowest BCUT2D eigenvalue weighted by Gasteiger charge is -1.84. The molecule has 7 heteroatoms. The number of methoxy groups -OCH3 is 1. The van der Waals surface area contributed by atoms with E-state index in [1.54, 1.807) is 0 Å². The molecule has 0 aliphatic rings. The average Bonchev–Trinajstić information content (AvgIpc) is 2.01. The van der Waals surface area contributed by atoms with Crippen molar-refractivity contribution < 1.29 is 34.1 Å². The molecule has 0 aromatic carbocycles. The van der Waals surface area contributed by atoms with Crippen LogP contribution in [0.15, 0.2) is 12.7 Å². The summed E-state index contributed by atoms with van der Waals surface area (Å²) in [6, 6.07) is 0. The van der Waals surface area contributed by atoms with Gasteiger partial charge in [0.05, 0.1) is 7.11 Å². The number of carbonyl (C=O) groups excluding carboxylic acids is 1. The van der Waals surface area contributed by atoms with Crippen molar-refractivity contribution in [3.05, 3.63) is 12.7 Å². The smallest absolute Gasteiger partial charge is 0.466 e. The highest BCUT2D eigenvalue weighted by atomic mass is 16.7. The van der Waals surface area contributed by atoms with Crippen LogP contribution in [0.25, 0.3) is 0 Å². The normalized spacial score (nSPS) is 7.15. The largest absolute Gasteiger partial charge is 0.516 e. The summed E-state index contributed by atoms with van der Waals surface area (Å²) in [5.74, 6) is -0.394. The Labute approximate surface area is 73.2 Å². The summed E-state index contributed by atoms with van der Waals surface area (Å²) in [7, 11) is 1.31. The van der Waals surface area contributed by atoms with E-state index in [0.717, 1.165) is 6.08 Å². The molecule has 0 saturated carbocycles. The highest BCUT2D eigenvalue weighted by Gasteiger charge is 2.01. The summed E-state index contributed by atoms with van der Waals surface area (Å²) in [5, 5.41) is 15.0. The molecule has 0 fully saturated rings. The van der Waals surface area contributed by atoms with E-state index in [4.69, 9.17) is 10.2 Å². The van der Waals surface area contributed by atoms with Gasteiger partial charge < -0.3 is 19.7 Å². The average molecular weight is 192 g/mol. The van der Waals surface area contributed by atoms with E-state index >= 15 is 0 Å². The zero-order chi connectivity index (χ0) is 10.9. The molecule has 0 rings (SSSR count). The molecular formula is C6H8O7. The lowest BCUT2D eigenvalue weighted by atomic mass is 10.7. The van der Waals surface area contributed by atoms with Gasteiger partial charge in [0.15, 0.2) is 0 Å². The minimum atomic E-state index is -1.81. The van der Waals surface area contributed by atoms with Gasteiger partial charge in [-0.2, -0.15) is 0 Å². The summed E-state index contributed by atoms with van der Waals surface area (Å²) in [6.45, 7) is 3.16. The maximum Gasteiger partial charge on any atom is 0.516 e. The van der Waals surface area contributed by atoms with Gasteiger partial charge in [-0.1, -0.05) is 6.58 Å². The molecule has 0 saturated heterocycles. The third kappa shape index (κ3) is 17.8. The van der Waals surface area contributed by atoms with E-state index in [9.17, 15) is 14.4 Å². The Balaban J connectivity index is 0. The fourth-order valence-corrected chi connectivity index (χ4v) is 0.158. The molecule has 2 N–H and O–H groups in total. The number of ether oxygens (including phenoxy) is 2. The molecule has 0 aromatic heterocycles. The quantitative estimate of drug-likeness (QED) is 0.357. The van der Waals surface area contributed by atoms with Crippen molar-refractivity contribution >= 4 is 18.3 Å². The van der Waals surface area contributed by atoms with Crippen LogP contribution in [0.4, 0.5) is 9.59 Å². The first kappa shape index (κ1) is 13.5. The molecule has 0 aliphatic carbocycles. The third-order valence-electron chi connectivity index (χ3n) is 0.542. The van der Waals surface area contributed by atoms with Crippen molar-refractivity contribution in [1.82, 2.24) is 0 Å². The predicted molar refractivity (Wildman–Crippen MR) is 39.3 cm³/mol. The molecular weight excluding hydrogens is 184 g/mol. The van der Waals surface area contributed by atoms with E-state index < -0.39 is 18.3 Å². The van der Waals surface area contributed by atoms with Crippen LogP contribution in [-0.2, 0) is 14.3 Å². The summed E-state index contributed by atoms with van der Waals surface area (Å²) >= 11 is 0. The van der Waals surface area contributed by atoms with Gasteiger partial charge in [0.2, 0.25) is 0 Å². The Morgan fingerprint density at radius 1 is 1.23 bits per heavy atom. The van der Waals surface area contributed by atoms with Gasteiger partial charge in [-0.05, 0) is 0 Å². The first-order valence-electron chi connectivity index (χ1n) is 2.78. The summed E-state index contributed by atoms with van der Waals surface area (Å²) < 4.78 is 7.23. The number of hydrogen-bond donors (Lipinski definition) is 2. The van der Waals surface area contributed by atoms with E-state index in [0.29, 0.717) is 0 Å². The zero-order valence-electron chi connectivity index (χ0n) is 6.72. The van der Waals surface area contributed by atoms with Crippen LogP contribution >= 0.6 is 0 Å². The third-order valence-corrected chi connectivity index (χ3v) is 0.542. The van der Waals surface area contributed by atoms with Crippen molar-refractivity contribution in [2.75, 3.05) is 7.11 Å². The Morgan fingerprint density at radius 3 is 1.62 bits per heavy atom. The number of carboxylic acid groups (broad SMARTS) is 2. The summed E-state index contributed by atoms with van der Waals surface area (Å²) in [4.78, 5) is 28.3. The van der Waals surface area contributed by atoms with Gasteiger partial charge in [0, 0.05) is 6.08 Å². The maximum atomic E-state index is 9.84. The molecule has 0 radical (unpaired) electrons. The Kier molecular flexibility index (Phi) is 8.38. The van der Waals surface area contributed by atoms with Crippen LogP contribution in [0.1, 0.15) is 0 Å². The first-order chi connectivity index (χ1) is 5.93. The fourth-order valence-electron chi connectivity index (χ4n) is 0.158. The number of esters is 1. The second kappa shape index (κ2) is 8.05. The van der Waals surface area contributed by atoms with Crippen LogP contribution in [0.2, 0.25) is 0 Å². The van der Waals surface area contributed by atoms with Crippen molar-refractivity contribution in [3.63, 3.8) is 0 Å². The van der Waals surface area contributed by atoms with E-state index in [1.807, 2.05) is 0 Å². The predicted octanol–water partition coefficient (Wildman–Crippen LogP) is 0.704. The van der Waals surface area contributed by atoms with E-state index in [2.05, 4.69) is 16.1 Å². The van der Waals surface area contributed by atoms with Gasteiger partial charge in [0.25, 0.3) is 0 Å². The summed E-state index contributed by atoms with van der Waals surface area (Å²) in [5.41, 5.74) is 0. The Bertz CT molecular complexity index is 195. The SMILES string of the molecule is C=CC(=O)OC.O=C(O)OC(=O)O. The number of hydrogen-bond acceptors (Lipinski definition) is 5. The van der Waals surface area contributed by atoms with Gasteiger partial charge in [-0.15, -0.1) is 0 Å².